The molecule has 0 fully saturated rings. The Morgan fingerprint density at radius 2 is 2.33 bits per heavy atom. The van der Waals surface area contributed by atoms with E-state index in [1.54, 1.807) is 6.08 Å². The molecule has 2 aromatic rings. The highest BCUT2D eigenvalue weighted by Gasteiger charge is 2.19. The van der Waals surface area contributed by atoms with E-state index in [0.717, 1.165) is 22.9 Å². The highest BCUT2D eigenvalue weighted by atomic mass is 16.5. The van der Waals surface area contributed by atoms with Gasteiger partial charge in [-0.2, -0.15) is 5.10 Å². The van der Waals surface area contributed by atoms with E-state index in [2.05, 4.69) is 15.5 Å². The van der Waals surface area contributed by atoms with Crippen LogP contribution in [-0.2, 0) is 14.3 Å². The van der Waals surface area contributed by atoms with Crippen LogP contribution in [0.5, 0.6) is 0 Å². The number of esters is 1. The summed E-state index contributed by atoms with van der Waals surface area (Å²) in [6, 6.07) is 5.49. The molecule has 0 spiro atoms. The molecule has 1 amide bonds. The summed E-state index contributed by atoms with van der Waals surface area (Å²) < 4.78 is 4.90. The Morgan fingerprint density at radius 3 is 3.05 bits per heavy atom. The maximum absolute atomic E-state index is 11.6. The quantitative estimate of drug-likeness (QED) is 0.844. The number of fused-ring (bicyclic) bond motifs is 1. The second-order valence-electron chi connectivity index (χ2n) is 4.85. The van der Waals surface area contributed by atoms with E-state index < -0.39 is 0 Å². The molecule has 0 aliphatic carbocycles. The number of rotatable bonds is 4. The zero-order valence-corrected chi connectivity index (χ0v) is 11.6. The summed E-state index contributed by atoms with van der Waals surface area (Å²) in [6.45, 7) is 2.26. The number of anilines is 1. The first-order valence-corrected chi connectivity index (χ1v) is 6.84. The summed E-state index contributed by atoms with van der Waals surface area (Å²) in [6.07, 6.45) is 3.00. The first kappa shape index (κ1) is 13.4. The fourth-order valence-electron chi connectivity index (χ4n) is 2.30. The van der Waals surface area contributed by atoms with Crippen molar-refractivity contribution in [3.05, 3.63) is 29.8 Å². The van der Waals surface area contributed by atoms with Gasteiger partial charge < -0.3 is 10.1 Å². The van der Waals surface area contributed by atoms with E-state index in [9.17, 15) is 9.59 Å². The third-order valence-corrected chi connectivity index (χ3v) is 3.33. The van der Waals surface area contributed by atoms with Crippen LogP contribution in [0.4, 0.5) is 5.82 Å². The van der Waals surface area contributed by atoms with Gasteiger partial charge in [-0.3, -0.25) is 9.89 Å². The largest absolute Gasteiger partial charge is 0.458 e. The SMILES string of the molecule is CCCC(=O)Nc1n[nH]c2cc(C3=CCOC3=O)ccc12. The van der Waals surface area contributed by atoms with Crippen LogP contribution in [0.25, 0.3) is 16.5 Å². The average Bonchev–Trinajstić information content (AvgIpc) is 3.05. The van der Waals surface area contributed by atoms with Crippen molar-refractivity contribution in [1.82, 2.24) is 10.2 Å². The number of H-pyrrole nitrogens is 1. The van der Waals surface area contributed by atoms with Crippen LogP contribution in [0.1, 0.15) is 25.3 Å². The predicted octanol–water partition coefficient (Wildman–Crippen LogP) is 2.24. The van der Waals surface area contributed by atoms with Crippen molar-refractivity contribution in [3.8, 4) is 0 Å². The molecule has 1 aromatic carbocycles. The number of hydrogen-bond donors (Lipinski definition) is 2. The third kappa shape index (κ3) is 2.52. The fourth-order valence-corrected chi connectivity index (χ4v) is 2.30. The third-order valence-electron chi connectivity index (χ3n) is 3.33. The summed E-state index contributed by atoms with van der Waals surface area (Å²) in [5, 5.41) is 10.6. The topological polar surface area (TPSA) is 84.1 Å². The average molecular weight is 285 g/mol. The van der Waals surface area contributed by atoms with Crippen LogP contribution in [-0.4, -0.2) is 28.7 Å². The van der Waals surface area contributed by atoms with Gasteiger partial charge in [0.1, 0.15) is 6.61 Å². The molecule has 1 aliphatic heterocycles. The minimum atomic E-state index is -0.315. The molecule has 0 radical (unpaired) electrons. The Kier molecular flexibility index (Phi) is 3.43. The molecule has 6 nitrogen and oxygen atoms in total. The van der Waals surface area contributed by atoms with Gasteiger partial charge in [0.2, 0.25) is 5.91 Å². The number of nitrogens with zero attached hydrogens (tertiary/aromatic N) is 1. The number of aromatic amines is 1. The van der Waals surface area contributed by atoms with Crippen LogP contribution < -0.4 is 5.32 Å². The van der Waals surface area contributed by atoms with Gasteiger partial charge in [0.15, 0.2) is 5.82 Å². The lowest BCUT2D eigenvalue weighted by Crippen LogP contribution is -2.11. The highest BCUT2D eigenvalue weighted by Crippen LogP contribution is 2.27. The summed E-state index contributed by atoms with van der Waals surface area (Å²) >= 11 is 0. The van der Waals surface area contributed by atoms with Crippen molar-refractivity contribution in [2.75, 3.05) is 11.9 Å². The van der Waals surface area contributed by atoms with Gasteiger partial charge in [0.25, 0.3) is 0 Å². The molecule has 2 N–H and O–H groups in total. The number of benzene rings is 1. The molecule has 108 valence electrons. The lowest BCUT2D eigenvalue weighted by atomic mass is 10.1. The first-order valence-electron chi connectivity index (χ1n) is 6.84. The number of carbonyl (C=O) groups excluding carboxylic acids is 2. The van der Waals surface area contributed by atoms with Gasteiger partial charge in [-0.15, -0.1) is 0 Å². The monoisotopic (exact) mass is 285 g/mol. The number of cyclic esters (lactones) is 1. The minimum absolute atomic E-state index is 0.0583. The number of aromatic nitrogens is 2. The molecule has 3 rings (SSSR count). The van der Waals surface area contributed by atoms with Gasteiger partial charge in [0.05, 0.1) is 11.1 Å². The summed E-state index contributed by atoms with van der Waals surface area (Å²) in [5.41, 5.74) is 2.10. The van der Waals surface area contributed by atoms with E-state index in [0.29, 0.717) is 24.4 Å². The van der Waals surface area contributed by atoms with Crippen LogP contribution in [0.15, 0.2) is 24.3 Å². The van der Waals surface area contributed by atoms with Crippen molar-refractivity contribution in [3.63, 3.8) is 0 Å². The van der Waals surface area contributed by atoms with Crippen molar-refractivity contribution in [2.45, 2.75) is 19.8 Å². The molecule has 1 aromatic heterocycles. The van der Waals surface area contributed by atoms with Crippen molar-refractivity contribution in [1.29, 1.82) is 0 Å². The van der Waals surface area contributed by atoms with Gasteiger partial charge >= 0.3 is 5.97 Å². The van der Waals surface area contributed by atoms with Crippen molar-refractivity contribution < 1.29 is 14.3 Å². The Hall–Kier alpha value is -2.63. The Labute approximate surface area is 121 Å². The van der Waals surface area contributed by atoms with Gasteiger partial charge in [0, 0.05) is 11.8 Å². The van der Waals surface area contributed by atoms with Crippen molar-refractivity contribution in [2.24, 2.45) is 0 Å². The van der Waals surface area contributed by atoms with Crippen LogP contribution in [0.3, 0.4) is 0 Å². The maximum Gasteiger partial charge on any atom is 0.338 e. The van der Waals surface area contributed by atoms with Crippen molar-refractivity contribution >= 4 is 34.2 Å². The lowest BCUT2D eigenvalue weighted by molar-refractivity contribution is -0.134. The second-order valence-corrected chi connectivity index (χ2v) is 4.85. The number of ether oxygens (including phenoxy) is 1. The van der Waals surface area contributed by atoms with Gasteiger partial charge in [-0.1, -0.05) is 13.0 Å². The molecule has 0 saturated carbocycles. The van der Waals surface area contributed by atoms with E-state index >= 15 is 0 Å². The van der Waals surface area contributed by atoms with Gasteiger partial charge in [-0.25, -0.2) is 4.79 Å². The fraction of sp³-hybridized carbons (Fsp3) is 0.267. The normalized spacial score (nSPS) is 14.1. The smallest absolute Gasteiger partial charge is 0.338 e. The molecule has 2 heterocycles. The van der Waals surface area contributed by atoms with E-state index in [1.807, 2.05) is 25.1 Å². The first-order chi connectivity index (χ1) is 10.2. The van der Waals surface area contributed by atoms with Crippen LogP contribution in [0, 0.1) is 0 Å². The molecule has 0 atom stereocenters. The zero-order chi connectivity index (χ0) is 14.8. The lowest BCUT2D eigenvalue weighted by Gasteiger charge is -2.02. The summed E-state index contributed by atoms with van der Waals surface area (Å²) in [4.78, 5) is 23.2. The molecule has 1 aliphatic rings. The summed E-state index contributed by atoms with van der Waals surface area (Å²) in [7, 11) is 0. The van der Waals surface area contributed by atoms with Crippen LogP contribution in [0.2, 0.25) is 0 Å². The molecule has 0 saturated heterocycles. The number of nitrogens with one attached hydrogen (secondary N) is 2. The van der Waals surface area contributed by atoms with E-state index in [1.165, 1.54) is 0 Å². The highest BCUT2D eigenvalue weighted by molar-refractivity contribution is 6.18. The predicted molar refractivity (Wildman–Crippen MR) is 78.6 cm³/mol. The van der Waals surface area contributed by atoms with E-state index in [4.69, 9.17) is 4.74 Å². The van der Waals surface area contributed by atoms with Crippen LogP contribution >= 0.6 is 0 Å². The second kappa shape index (κ2) is 5.40. The molecule has 0 bridgehead atoms. The molecule has 6 heteroatoms. The zero-order valence-electron chi connectivity index (χ0n) is 11.6. The molecule has 21 heavy (non-hydrogen) atoms. The number of hydrogen-bond acceptors (Lipinski definition) is 4. The van der Waals surface area contributed by atoms with E-state index in [-0.39, 0.29) is 11.9 Å². The molecular formula is C15H15N3O3. The Balaban J connectivity index is 1.91. The Bertz CT molecular complexity index is 746. The maximum atomic E-state index is 11.6. The molecule has 0 unspecified atom stereocenters. The van der Waals surface area contributed by atoms with Gasteiger partial charge in [-0.05, 0) is 30.2 Å². The number of amides is 1. The number of carbonyl (C=O) groups is 2. The molecular weight excluding hydrogens is 270 g/mol. The minimum Gasteiger partial charge on any atom is -0.458 e. The summed E-state index contributed by atoms with van der Waals surface area (Å²) in [5.74, 6) is 0.139. The Morgan fingerprint density at radius 1 is 1.48 bits per heavy atom. The standard InChI is InChI=1S/C15H15N3O3/c1-2-3-13(19)16-14-11-5-4-9(8-12(11)17-18-14)10-6-7-21-15(10)20/h4-6,8H,2-3,7H2,1H3,(H2,16,17,18,19).